The quantitative estimate of drug-likeness (QED) is 0.355. The molecule has 3 rings (SSSR count). The van der Waals surface area contributed by atoms with Gasteiger partial charge in [-0.25, -0.2) is 0 Å². The van der Waals surface area contributed by atoms with Gasteiger partial charge in [-0.15, -0.1) is 0 Å². The van der Waals surface area contributed by atoms with Crippen LogP contribution in [0.1, 0.15) is 120 Å². The normalized spacial score (nSPS) is 41.1. The summed E-state index contributed by atoms with van der Waals surface area (Å²) in [7, 11) is 0. The Bertz CT molecular complexity index is 772. The van der Waals surface area contributed by atoms with Crippen LogP contribution in [0.2, 0.25) is 0 Å². The van der Waals surface area contributed by atoms with Crippen LogP contribution in [-0.4, -0.2) is 22.2 Å². The Hall–Kier alpha value is -1.06. The summed E-state index contributed by atoms with van der Waals surface area (Å²) >= 11 is 0. The second kappa shape index (κ2) is 9.43. The summed E-state index contributed by atoms with van der Waals surface area (Å²) in [6.07, 6.45) is 10.6. The molecule has 2 N–H and O–H groups in total. The fourth-order valence-corrected chi connectivity index (χ4v) is 9.78. The molecule has 0 aromatic rings. The predicted molar refractivity (Wildman–Crippen MR) is 138 cm³/mol. The van der Waals surface area contributed by atoms with E-state index in [1.54, 1.807) is 0 Å². The summed E-state index contributed by atoms with van der Waals surface area (Å²) in [4.78, 5) is 24.4. The Morgan fingerprint density at radius 3 is 2.06 bits per heavy atom. The van der Waals surface area contributed by atoms with Crippen molar-refractivity contribution in [1.82, 2.24) is 0 Å². The highest BCUT2D eigenvalue weighted by Crippen LogP contribution is 2.73. The van der Waals surface area contributed by atoms with Crippen molar-refractivity contribution in [3.05, 3.63) is 0 Å². The Labute approximate surface area is 208 Å². The van der Waals surface area contributed by atoms with E-state index < -0.39 is 22.8 Å². The largest absolute Gasteiger partial charge is 0.481 e. The van der Waals surface area contributed by atoms with E-state index in [9.17, 15) is 19.8 Å². The molecule has 0 aromatic carbocycles. The van der Waals surface area contributed by atoms with Crippen LogP contribution in [0.4, 0.5) is 0 Å². The molecule has 3 aliphatic rings. The third-order valence-corrected chi connectivity index (χ3v) is 11.9. The lowest BCUT2D eigenvalue weighted by Gasteiger charge is -2.65. The van der Waals surface area contributed by atoms with E-state index in [2.05, 4.69) is 41.5 Å². The standard InChI is InChI=1S/C30H52O4/c1-19(2)10-9-11-20(3)21-14-16-30(8)23-12-13-24(27(4,5)26(33)34)28(6,18-25(31)32)22(23)15-17-29(21,30)7/h19-24H,9-18H2,1-8H3,(H,31,32)(H,33,34)/t20-,21-,22+,23-,24+,28-,29+,30-/m0/s1. The summed E-state index contributed by atoms with van der Waals surface area (Å²) in [6.45, 7) is 18.0. The van der Waals surface area contributed by atoms with Crippen molar-refractivity contribution in [2.75, 3.05) is 0 Å². The third-order valence-electron chi connectivity index (χ3n) is 11.9. The lowest BCUT2D eigenvalue weighted by Crippen LogP contribution is -2.59. The van der Waals surface area contributed by atoms with E-state index in [4.69, 9.17) is 0 Å². The molecule has 0 radical (unpaired) electrons. The van der Waals surface area contributed by atoms with Gasteiger partial charge in [0.2, 0.25) is 0 Å². The van der Waals surface area contributed by atoms with Gasteiger partial charge >= 0.3 is 11.9 Å². The van der Waals surface area contributed by atoms with E-state index in [-0.39, 0.29) is 23.7 Å². The minimum absolute atomic E-state index is 0.0807. The molecule has 4 nitrogen and oxygen atoms in total. The number of hydrogen-bond donors (Lipinski definition) is 2. The molecule has 8 atom stereocenters. The molecule has 3 saturated carbocycles. The fraction of sp³-hybridized carbons (Fsp3) is 0.933. The zero-order valence-corrected chi connectivity index (χ0v) is 23.2. The van der Waals surface area contributed by atoms with Gasteiger partial charge in [0.15, 0.2) is 0 Å². The lowest BCUT2D eigenvalue weighted by atomic mass is 9.39. The molecule has 0 bridgehead atoms. The number of carboxylic acids is 2. The van der Waals surface area contributed by atoms with Crippen LogP contribution < -0.4 is 0 Å². The van der Waals surface area contributed by atoms with E-state index in [1.807, 2.05) is 13.8 Å². The molecule has 0 spiro atoms. The molecule has 3 fully saturated rings. The summed E-state index contributed by atoms with van der Waals surface area (Å²) in [5.74, 6) is 1.32. The Morgan fingerprint density at radius 1 is 0.882 bits per heavy atom. The van der Waals surface area contributed by atoms with Crippen molar-refractivity contribution in [2.24, 2.45) is 57.2 Å². The first kappa shape index (κ1) is 27.5. The molecule has 0 aromatic heterocycles. The number of hydrogen-bond acceptors (Lipinski definition) is 2. The first-order valence-electron chi connectivity index (χ1n) is 14.1. The molecule has 4 heteroatoms. The maximum absolute atomic E-state index is 12.2. The SMILES string of the molecule is CC(C)CCC[C@H](C)[C@@H]1CC[C@@]2(C)[C@H]3CC[C@H](C(C)(C)C(=O)O)[C@@](C)(CC(=O)O)[C@@H]3CC[C@]12C. The smallest absolute Gasteiger partial charge is 0.309 e. The predicted octanol–water partition coefficient (Wildman–Crippen LogP) is 7.90. The van der Waals surface area contributed by atoms with Crippen LogP contribution in [0.5, 0.6) is 0 Å². The van der Waals surface area contributed by atoms with Crippen LogP contribution in [0, 0.1) is 57.2 Å². The highest BCUT2D eigenvalue weighted by Gasteiger charge is 2.67. The number of carbonyl (C=O) groups is 2. The van der Waals surface area contributed by atoms with Crippen LogP contribution in [0.25, 0.3) is 0 Å². The minimum atomic E-state index is -0.917. The summed E-state index contributed by atoms with van der Waals surface area (Å²) in [5.41, 5.74) is -0.891. The van der Waals surface area contributed by atoms with Gasteiger partial charge < -0.3 is 10.2 Å². The second-order valence-electron chi connectivity index (χ2n) is 14.3. The molecular formula is C30H52O4. The van der Waals surface area contributed by atoms with E-state index >= 15 is 0 Å². The van der Waals surface area contributed by atoms with Gasteiger partial charge in [0, 0.05) is 0 Å². The van der Waals surface area contributed by atoms with E-state index in [1.165, 1.54) is 32.1 Å². The first-order chi connectivity index (χ1) is 15.6. The molecule has 0 unspecified atom stereocenters. The maximum Gasteiger partial charge on any atom is 0.309 e. The monoisotopic (exact) mass is 476 g/mol. The van der Waals surface area contributed by atoms with E-state index in [0.29, 0.717) is 11.3 Å². The van der Waals surface area contributed by atoms with E-state index in [0.717, 1.165) is 43.4 Å². The van der Waals surface area contributed by atoms with Crippen LogP contribution in [-0.2, 0) is 9.59 Å². The molecular weight excluding hydrogens is 424 g/mol. The van der Waals surface area contributed by atoms with Gasteiger partial charge in [-0.3, -0.25) is 9.59 Å². The second-order valence-corrected chi connectivity index (χ2v) is 14.3. The lowest BCUT2D eigenvalue weighted by molar-refractivity contribution is -0.186. The van der Waals surface area contributed by atoms with Crippen molar-refractivity contribution in [1.29, 1.82) is 0 Å². The van der Waals surface area contributed by atoms with Crippen molar-refractivity contribution in [3.8, 4) is 0 Å². The number of carboxylic acid groups (broad SMARTS) is 2. The minimum Gasteiger partial charge on any atom is -0.481 e. The highest BCUT2D eigenvalue weighted by atomic mass is 16.4. The Kier molecular flexibility index (Phi) is 7.64. The van der Waals surface area contributed by atoms with Gasteiger partial charge in [0.05, 0.1) is 11.8 Å². The average Bonchev–Trinajstić information content (AvgIpc) is 2.98. The molecule has 34 heavy (non-hydrogen) atoms. The molecule has 196 valence electrons. The van der Waals surface area contributed by atoms with Crippen molar-refractivity contribution >= 4 is 11.9 Å². The van der Waals surface area contributed by atoms with Crippen LogP contribution in [0.3, 0.4) is 0 Å². The van der Waals surface area contributed by atoms with Crippen molar-refractivity contribution < 1.29 is 19.8 Å². The number of rotatable bonds is 9. The van der Waals surface area contributed by atoms with Gasteiger partial charge in [0.1, 0.15) is 0 Å². The van der Waals surface area contributed by atoms with Crippen molar-refractivity contribution in [2.45, 2.75) is 120 Å². The van der Waals surface area contributed by atoms with Gasteiger partial charge in [-0.05, 0) is 104 Å². The fourth-order valence-electron chi connectivity index (χ4n) is 9.78. The summed E-state index contributed by atoms with van der Waals surface area (Å²) in [5, 5.41) is 20.0. The number of fused-ring (bicyclic) bond motifs is 3. The molecule has 0 heterocycles. The Morgan fingerprint density at radius 2 is 1.50 bits per heavy atom. The van der Waals surface area contributed by atoms with Crippen LogP contribution >= 0.6 is 0 Å². The third kappa shape index (κ3) is 4.34. The molecule has 3 aliphatic carbocycles. The zero-order valence-electron chi connectivity index (χ0n) is 23.2. The van der Waals surface area contributed by atoms with Gasteiger partial charge in [-0.2, -0.15) is 0 Å². The highest BCUT2D eigenvalue weighted by molar-refractivity contribution is 5.75. The molecule has 0 amide bonds. The summed E-state index contributed by atoms with van der Waals surface area (Å²) in [6, 6.07) is 0. The average molecular weight is 477 g/mol. The topological polar surface area (TPSA) is 74.6 Å². The maximum atomic E-state index is 12.2. The number of aliphatic carboxylic acids is 2. The van der Waals surface area contributed by atoms with Gasteiger partial charge in [0.25, 0.3) is 0 Å². The molecule has 0 aliphatic heterocycles. The van der Waals surface area contributed by atoms with Crippen molar-refractivity contribution in [3.63, 3.8) is 0 Å². The van der Waals surface area contributed by atoms with Crippen LogP contribution in [0.15, 0.2) is 0 Å². The van der Waals surface area contributed by atoms with Gasteiger partial charge in [-0.1, -0.05) is 60.8 Å². The summed E-state index contributed by atoms with van der Waals surface area (Å²) < 4.78 is 0. The zero-order chi connectivity index (χ0) is 25.7. The molecule has 0 saturated heterocycles. The first-order valence-corrected chi connectivity index (χ1v) is 14.1. The Balaban J connectivity index is 1.91.